The third-order valence-electron chi connectivity index (χ3n) is 4.65. The Morgan fingerprint density at radius 2 is 1.95 bits per heavy atom. The molecule has 6 heteroatoms. The van der Waals surface area contributed by atoms with Gasteiger partial charge in [-0.3, -0.25) is 9.59 Å². The summed E-state index contributed by atoms with van der Waals surface area (Å²) in [7, 11) is 0. The first-order chi connectivity index (χ1) is 9.44. The highest BCUT2D eigenvalue weighted by Gasteiger charge is 2.41. The molecule has 0 spiro atoms. The molecule has 0 aromatic rings. The lowest BCUT2D eigenvalue weighted by Crippen LogP contribution is -2.50. The quantitative estimate of drug-likeness (QED) is 0.700. The fraction of sp³-hybridized carbons (Fsp3) is 0.857. The molecular weight excluding hydrogens is 262 g/mol. The number of ether oxygens (including phenoxy) is 1. The van der Waals surface area contributed by atoms with Crippen LogP contribution >= 0.6 is 0 Å². The number of hydrogen-bond acceptors (Lipinski definition) is 4. The molecule has 1 aliphatic carbocycles. The van der Waals surface area contributed by atoms with Gasteiger partial charge in [0.25, 0.3) is 0 Å². The molecule has 1 aliphatic heterocycles. The first kappa shape index (κ1) is 15.3. The molecule has 0 aromatic carbocycles. The van der Waals surface area contributed by atoms with Crippen molar-refractivity contribution in [1.82, 2.24) is 5.32 Å². The van der Waals surface area contributed by atoms with Gasteiger partial charge in [0.15, 0.2) is 0 Å². The summed E-state index contributed by atoms with van der Waals surface area (Å²) in [4.78, 5) is 23.4. The van der Waals surface area contributed by atoms with E-state index in [4.69, 9.17) is 4.74 Å². The standard InChI is InChI=1S/C14H23NO5/c1-9-14(19,6-7-20-9)8-15-12(16)10-4-2-3-5-11(10)13(17)18/h9-11,19H,2-8H2,1H3,(H,15,16)(H,17,18). The van der Waals surface area contributed by atoms with Gasteiger partial charge in [0, 0.05) is 19.6 Å². The Morgan fingerprint density at radius 1 is 1.30 bits per heavy atom. The molecule has 4 unspecified atom stereocenters. The highest BCUT2D eigenvalue weighted by molar-refractivity contribution is 5.84. The Hall–Kier alpha value is -1.14. The van der Waals surface area contributed by atoms with Gasteiger partial charge in [-0.15, -0.1) is 0 Å². The van der Waals surface area contributed by atoms with Crippen LogP contribution in [0.1, 0.15) is 39.0 Å². The van der Waals surface area contributed by atoms with Crippen LogP contribution in [-0.4, -0.2) is 46.9 Å². The van der Waals surface area contributed by atoms with Crippen LogP contribution in [0, 0.1) is 11.8 Å². The van der Waals surface area contributed by atoms with Gasteiger partial charge in [-0.25, -0.2) is 0 Å². The van der Waals surface area contributed by atoms with Crippen molar-refractivity contribution in [3.8, 4) is 0 Å². The van der Waals surface area contributed by atoms with Gasteiger partial charge in [-0.05, 0) is 19.8 Å². The largest absolute Gasteiger partial charge is 0.481 e. The van der Waals surface area contributed by atoms with E-state index >= 15 is 0 Å². The van der Waals surface area contributed by atoms with E-state index in [9.17, 15) is 19.8 Å². The maximum Gasteiger partial charge on any atom is 0.307 e. The van der Waals surface area contributed by atoms with Crippen LogP contribution in [0.4, 0.5) is 0 Å². The molecule has 0 aromatic heterocycles. The van der Waals surface area contributed by atoms with Crippen LogP contribution in [0.2, 0.25) is 0 Å². The Morgan fingerprint density at radius 3 is 2.50 bits per heavy atom. The van der Waals surface area contributed by atoms with Crippen LogP contribution in [-0.2, 0) is 14.3 Å². The van der Waals surface area contributed by atoms with Gasteiger partial charge >= 0.3 is 5.97 Å². The number of rotatable bonds is 4. The van der Waals surface area contributed by atoms with Gasteiger partial charge in [0.05, 0.1) is 17.9 Å². The second-order valence-electron chi connectivity index (χ2n) is 5.92. The number of aliphatic carboxylic acids is 1. The summed E-state index contributed by atoms with van der Waals surface area (Å²) in [5, 5.41) is 22.2. The zero-order chi connectivity index (χ0) is 14.8. The van der Waals surface area contributed by atoms with Crippen molar-refractivity contribution >= 4 is 11.9 Å². The molecule has 1 amide bonds. The van der Waals surface area contributed by atoms with Crippen LogP contribution in [0.15, 0.2) is 0 Å². The molecule has 0 bridgehead atoms. The monoisotopic (exact) mass is 285 g/mol. The normalized spacial score (nSPS) is 37.6. The molecule has 2 aliphatic rings. The molecular formula is C14H23NO5. The Labute approximate surface area is 118 Å². The Kier molecular flexibility index (Phi) is 4.65. The van der Waals surface area contributed by atoms with Gasteiger partial charge in [0.2, 0.25) is 5.91 Å². The number of hydrogen-bond donors (Lipinski definition) is 3. The second kappa shape index (κ2) is 6.10. The molecule has 20 heavy (non-hydrogen) atoms. The molecule has 4 atom stereocenters. The minimum absolute atomic E-state index is 0.121. The number of carboxylic acids is 1. The zero-order valence-corrected chi connectivity index (χ0v) is 11.8. The predicted octanol–water partition coefficient (Wildman–Crippen LogP) is 0.533. The fourth-order valence-electron chi connectivity index (χ4n) is 3.11. The Bertz CT molecular complexity index is 386. The summed E-state index contributed by atoms with van der Waals surface area (Å²) >= 11 is 0. The molecule has 114 valence electrons. The molecule has 1 saturated heterocycles. The summed E-state index contributed by atoms with van der Waals surface area (Å²) in [5.74, 6) is -2.25. The van der Waals surface area contributed by atoms with E-state index in [0.717, 1.165) is 12.8 Å². The lowest BCUT2D eigenvalue weighted by Gasteiger charge is -2.30. The van der Waals surface area contributed by atoms with Crippen LogP contribution in [0.3, 0.4) is 0 Å². The van der Waals surface area contributed by atoms with Crippen molar-refractivity contribution in [3.63, 3.8) is 0 Å². The third kappa shape index (κ3) is 3.12. The van der Waals surface area contributed by atoms with Gasteiger partial charge in [-0.1, -0.05) is 12.8 Å². The molecule has 0 radical (unpaired) electrons. The first-order valence-corrected chi connectivity index (χ1v) is 7.28. The highest BCUT2D eigenvalue weighted by atomic mass is 16.5. The topological polar surface area (TPSA) is 95.9 Å². The molecule has 2 rings (SSSR count). The highest BCUT2D eigenvalue weighted by Crippen LogP contribution is 2.31. The van der Waals surface area contributed by atoms with E-state index in [1.165, 1.54) is 0 Å². The van der Waals surface area contributed by atoms with E-state index in [1.54, 1.807) is 6.92 Å². The van der Waals surface area contributed by atoms with Crippen LogP contribution < -0.4 is 5.32 Å². The molecule has 1 heterocycles. The summed E-state index contributed by atoms with van der Waals surface area (Å²) in [6, 6.07) is 0. The average molecular weight is 285 g/mol. The lowest BCUT2D eigenvalue weighted by molar-refractivity contribution is -0.149. The minimum atomic E-state index is -1.04. The van der Waals surface area contributed by atoms with E-state index in [1.807, 2.05) is 0 Å². The second-order valence-corrected chi connectivity index (χ2v) is 5.92. The zero-order valence-electron chi connectivity index (χ0n) is 11.8. The SMILES string of the molecule is CC1OCCC1(O)CNC(=O)C1CCCCC1C(=O)O. The summed E-state index contributed by atoms with van der Waals surface area (Å²) in [5.41, 5.74) is -1.04. The van der Waals surface area contributed by atoms with E-state index in [2.05, 4.69) is 5.32 Å². The van der Waals surface area contributed by atoms with Crippen molar-refractivity contribution in [2.24, 2.45) is 11.8 Å². The number of carboxylic acid groups (broad SMARTS) is 1. The summed E-state index contributed by atoms with van der Waals surface area (Å²) in [6.07, 6.45) is 3.07. The maximum atomic E-state index is 12.2. The molecule has 2 fully saturated rings. The molecule has 3 N–H and O–H groups in total. The lowest BCUT2D eigenvalue weighted by atomic mass is 9.78. The smallest absolute Gasteiger partial charge is 0.307 e. The van der Waals surface area contributed by atoms with E-state index in [-0.39, 0.29) is 18.6 Å². The third-order valence-corrected chi connectivity index (χ3v) is 4.65. The van der Waals surface area contributed by atoms with Crippen LogP contribution in [0.25, 0.3) is 0 Å². The number of aliphatic hydroxyl groups is 1. The maximum absolute atomic E-state index is 12.2. The predicted molar refractivity (Wildman–Crippen MR) is 71.1 cm³/mol. The average Bonchev–Trinajstić information content (AvgIpc) is 2.76. The molecule has 1 saturated carbocycles. The minimum Gasteiger partial charge on any atom is -0.481 e. The van der Waals surface area contributed by atoms with Crippen molar-refractivity contribution in [2.45, 2.75) is 50.7 Å². The van der Waals surface area contributed by atoms with Gasteiger partial charge in [0.1, 0.15) is 5.60 Å². The number of carbonyl (C=O) groups is 2. The molecule has 6 nitrogen and oxygen atoms in total. The Balaban J connectivity index is 1.92. The van der Waals surface area contributed by atoms with Gasteiger partial charge in [-0.2, -0.15) is 0 Å². The number of amides is 1. The van der Waals surface area contributed by atoms with Crippen molar-refractivity contribution in [2.75, 3.05) is 13.2 Å². The number of nitrogens with one attached hydrogen (secondary N) is 1. The first-order valence-electron chi connectivity index (χ1n) is 7.28. The fourth-order valence-corrected chi connectivity index (χ4v) is 3.11. The van der Waals surface area contributed by atoms with Crippen molar-refractivity contribution in [3.05, 3.63) is 0 Å². The van der Waals surface area contributed by atoms with Crippen LogP contribution in [0.5, 0.6) is 0 Å². The van der Waals surface area contributed by atoms with E-state index < -0.39 is 23.4 Å². The van der Waals surface area contributed by atoms with Crippen molar-refractivity contribution in [1.29, 1.82) is 0 Å². The van der Waals surface area contributed by atoms with Crippen molar-refractivity contribution < 1.29 is 24.5 Å². The summed E-state index contributed by atoms with van der Waals surface area (Å²) < 4.78 is 5.31. The number of carbonyl (C=O) groups excluding carboxylic acids is 1. The van der Waals surface area contributed by atoms with E-state index in [0.29, 0.717) is 25.9 Å². The van der Waals surface area contributed by atoms with Gasteiger partial charge < -0.3 is 20.3 Å². The summed E-state index contributed by atoms with van der Waals surface area (Å²) in [6.45, 7) is 2.38.